The van der Waals surface area contributed by atoms with E-state index in [9.17, 15) is 9.90 Å². The number of methoxy groups -OCH3 is 2. The van der Waals surface area contributed by atoms with Crippen LogP contribution in [-0.2, 0) is 33.4 Å². The first-order valence-corrected chi connectivity index (χ1v) is 11.7. The number of rotatable bonds is 7. The van der Waals surface area contributed by atoms with E-state index in [-0.39, 0.29) is 22.7 Å². The Hall–Kier alpha value is -3.89. The van der Waals surface area contributed by atoms with Gasteiger partial charge in [-0.05, 0) is 69.2 Å². The van der Waals surface area contributed by atoms with E-state index in [1.165, 1.54) is 7.11 Å². The molecule has 1 aliphatic rings. The summed E-state index contributed by atoms with van der Waals surface area (Å²) in [6.45, 7) is 6.05. The molecule has 1 unspecified atom stereocenters. The van der Waals surface area contributed by atoms with Crippen LogP contribution >= 0.6 is 0 Å². The molecular weight excluding hydrogens is 531 g/mol. The summed E-state index contributed by atoms with van der Waals surface area (Å²) in [4.78, 5) is 13.7. The van der Waals surface area contributed by atoms with Gasteiger partial charge in [-0.25, -0.2) is 4.79 Å². The summed E-state index contributed by atoms with van der Waals surface area (Å²) in [5.41, 5.74) is 5.51. The molecule has 9 nitrogen and oxygen atoms in total. The average Bonchev–Trinajstić information content (AvgIpc) is 3.33. The number of aliphatic hydroxyl groups is 1. The van der Waals surface area contributed by atoms with E-state index in [0.29, 0.717) is 17.5 Å². The molecule has 1 radical (unpaired) electrons. The van der Waals surface area contributed by atoms with Crippen molar-refractivity contribution in [3.63, 3.8) is 0 Å². The summed E-state index contributed by atoms with van der Waals surface area (Å²) in [6, 6.07) is 12.3. The van der Waals surface area contributed by atoms with Crippen molar-refractivity contribution < 1.29 is 40.7 Å². The summed E-state index contributed by atoms with van der Waals surface area (Å²) in [5, 5.41) is 22.5. The van der Waals surface area contributed by atoms with Crippen molar-refractivity contribution in [3.05, 3.63) is 87.9 Å². The third-order valence-corrected chi connectivity index (χ3v) is 6.81. The van der Waals surface area contributed by atoms with Gasteiger partial charge in [-0.3, -0.25) is 0 Å². The van der Waals surface area contributed by atoms with Gasteiger partial charge in [0.2, 0.25) is 5.90 Å². The number of hydrogen-bond donors (Lipinski definition) is 1. The Morgan fingerprint density at radius 2 is 1.84 bits per heavy atom. The molecule has 0 saturated carbocycles. The van der Waals surface area contributed by atoms with Crippen LogP contribution in [0.25, 0.3) is 0 Å². The number of aromatic nitrogens is 1. The molecule has 0 spiro atoms. The second-order valence-electron chi connectivity index (χ2n) is 9.06. The second kappa shape index (κ2) is 11.7. The summed E-state index contributed by atoms with van der Waals surface area (Å²) in [6.07, 6.45) is 4.12. The van der Waals surface area contributed by atoms with Crippen LogP contribution in [0.3, 0.4) is 0 Å². The molecule has 0 saturated heterocycles. The van der Waals surface area contributed by atoms with Crippen molar-refractivity contribution in [1.29, 1.82) is 0 Å². The molecule has 0 aliphatic carbocycles. The summed E-state index contributed by atoms with van der Waals surface area (Å²) < 4.78 is 15.6. The van der Waals surface area contributed by atoms with Gasteiger partial charge in [-0.1, -0.05) is 11.2 Å². The van der Waals surface area contributed by atoms with Gasteiger partial charge < -0.3 is 24.0 Å². The molecule has 0 fully saturated rings. The molecule has 2 aromatic carbocycles. The average molecular weight is 562 g/mol. The van der Waals surface area contributed by atoms with Crippen LogP contribution in [0.5, 0.6) is 5.75 Å². The number of allylic oxidation sites excluding steroid dienone is 2. The third-order valence-electron chi connectivity index (χ3n) is 6.81. The van der Waals surface area contributed by atoms with Gasteiger partial charge in [-0.2, -0.15) is 5.10 Å². The van der Waals surface area contributed by atoms with E-state index in [4.69, 9.17) is 14.0 Å². The number of anilines is 1. The number of aliphatic hydroxyl groups excluding tert-OH is 1. The van der Waals surface area contributed by atoms with Gasteiger partial charge >= 0.3 is 5.97 Å². The number of carbonyl (C=O) groups excluding carboxylic acids is 1. The Kier molecular flexibility index (Phi) is 8.80. The van der Waals surface area contributed by atoms with E-state index < -0.39 is 11.4 Å². The van der Waals surface area contributed by atoms with Gasteiger partial charge in [0.05, 0.1) is 31.7 Å². The summed E-state index contributed by atoms with van der Waals surface area (Å²) >= 11 is 0. The van der Waals surface area contributed by atoms with Crippen molar-refractivity contribution in [2.75, 3.05) is 26.2 Å². The topological polar surface area (TPSA) is 110 Å². The SMILES string of the molecule is COC(=O)c1ccc(/C(O)=N/N=C/C=C2\N(C)c3cc(OC)ccc3C2(C)Cc2c(C)noc2C)cc1.[Co]. The molecule has 0 amide bonds. The Morgan fingerprint density at radius 3 is 2.45 bits per heavy atom. The normalized spacial score (nSPS) is 18.0. The van der Waals surface area contributed by atoms with Crippen molar-refractivity contribution >= 4 is 23.8 Å². The smallest absolute Gasteiger partial charge is 0.337 e. The van der Waals surface area contributed by atoms with E-state index >= 15 is 0 Å². The minimum Gasteiger partial charge on any atom is -0.497 e. The first-order valence-electron chi connectivity index (χ1n) is 11.7. The maximum Gasteiger partial charge on any atom is 0.337 e. The van der Waals surface area contributed by atoms with Gasteiger partial charge in [-0.15, -0.1) is 5.10 Å². The third kappa shape index (κ3) is 5.36. The maximum absolute atomic E-state index is 11.6. The van der Waals surface area contributed by atoms with E-state index in [2.05, 4.69) is 33.2 Å². The fourth-order valence-corrected chi connectivity index (χ4v) is 4.73. The zero-order valence-electron chi connectivity index (χ0n) is 22.1. The van der Waals surface area contributed by atoms with Crippen LogP contribution in [-0.4, -0.2) is 49.6 Å². The number of benzene rings is 2. The fourth-order valence-electron chi connectivity index (χ4n) is 4.73. The van der Waals surface area contributed by atoms with Crippen molar-refractivity contribution in [2.24, 2.45) is 10.2 Å². The number of hydrogen-bond acceptors (Lipinski definition) is 8. The van der Waals surface area contributed by atoms with E-state index in [0.717, 1.165) is 39.7 Å². The number of aryl methyl sites for hydroxylation is 2. The predicted octanol–water partition coefficient (Wildman–Crippen LogP) is 4.91. The van der Waals surface area contributed by atoms with Crippen molar-refractivity contribution in [2.45, 2.75) is 32.6 Å². The van der Waals surface area contributed by atoms with Crippen molar-refractivity contribution in [1.82, 2.24) is 5.16 Å². The maximum atomic E-state index is 11.6. The molecule has 201 valence electrons. The molecule has 10 heteroatoms. The Morgan fingerprint density at radius 1 is 1.16 bits per heavy atom. The van der Waals surface area contributed by atoms with E-state index in [1.807, 2.05) is 39.1 Å². The molecule has 1 N–H and O–H groups in total. The number of nitrogens with zero attached hydrogens (tertiary/aromatic N) is 4. The second-order valence-corrected chi connectivity index (χ2v) is 9.06. The molecule has 1 aliphatic heterocycles. The number of fused-ring (bicyclic) bond motifs is 1. The molecule has 4 rings (SSSR count). The standard InChI is InChI=1S/C28H30N4O5.Co/c1-17-22(18(2)37-31-17)16-28(3)23-12-11-21(35-5)15-24(23)32(4)25(28)13-14-29-30-26(33)19-7-9-20(10-8-19)27(34)36-6;/h7-15H,16H2,1-6H3,(H,30,33);/b25-13-,29-14+;. The molecule has 0 bridgehead atoms. The molecule has 1 atom stereocenters. The molecule has 2 heterocycles. The molecular formula is C28H30CoN4O5. The van der Waals surface area contributed by atoms with E-state index in [1.54, 1.807) is 37.6 Å². The van der Waals surface area contributed by atoms with Crippen LogP contribution in [0.2, 0.25) is 0 Å². The van der Waals surface area contributed by atoms with Gasteiger partial charge in [0.15, 0.2) is 0 Å². The zero-order valence-corrected chi connectivity index (χ0v) is 23.1. The first-order chi connectivity index (χ1) is 17.7. The predicted molar refractivity (Wildman–Crippen MR) is 142 cm³/mol. The quantitative estimate of drug-likeness (QED) is 0.189. The molecule has 38 heavy (non-hydrogen) atoms. The number of likely N-dealkylation sites (N-methyl/N-ethyl adjacent to an activating group) is 1. The van der Waals surface area contributed by atoms with Crippen molar-refractivity contribution in [3.8, 4) is 5.75 Å². The zero-order chi connectivity index (χ0) is 26.7. The largest absolute Gasteiger partial charge is 0.497 e. The van der Waals surface area contributed by atoms with Gasteiger partial charge in [0, 0.05) is 57.8 Å². The number of carbonyl (C=O) groups is 1. The number of ether oxygens (including phenoxy) is 2. The molecule has 1 aromatic heterocycles. The van der Waals surface area contributed by atoms with Crippen LogP contribution in [0, 0.1) is 13.8 Å². The summed E-state index contributed by atoms with van der Waals surface area (Å²) in [5.74, 6) is 0.848. The van der Waals surface area contributed by atoms with Crippen LogP contribution in [0.1, 0.15) is 45.4 Å². The van der Waals surface area contributed by atoms with Crippen LogP contribution in [0.15, 0.2) is 69.0 Å². The van der Waals surface area contributed by atoms with Gasteiger partial charge in [0.1, 0.15) is 11.5 Å². The fraction of sp³-hybridized carbons (Fsp3) is 0.286. The number of esters is 1. The first kappa shape index (κ1) is 28.7. The van der Waals surface area contributed by atoms with Crippen LogP contribution < -0.4 is 9.64 Å². The van der Waals surface area contributed by atoms with Gasteiger partial charge in [0.25, 0.3) is 0 Å². The molecule has 3 aromatic rings. The Bertz CT molecular complexity index is 1390. The Balaban J connectivity index is 0.00000400. The minimum absolute atomic E-state index is 0. The summed E-state index contributed by atoms with van der Waals surface area (Å²) in [7, 11) is 4.96. The Labute approximate surface area is 232 Å². The van der Waals surface area contributed by atoms with Crippen LogP contribution in [0.4, 0.5) is 5.69 Å². The minimum atomic E-state index is -0.452. The monoisotopic (exact) mass is 561 g/mol.